The van der Waals surface area contributed by atoms with E-state index in [0.717, 1.165) is 6.92 Å². The maximum Gasteiger partial charge on any atom is 0.328 e. The lowest BCUT2D eigenvalue weighted by Crippen LogP contribution is -2.59. The van der Waals surface area contributed by atoms with Gasteiger partial charge in [-0.25, -0.2) is 4.79 Å². The van der Waals surface area contributed by atoms with Crippen LogP contribution in [0, 0.1) is 5.92 Å². The number of carboxylic acid groups (broad SMARTS) is 2. The molecule has 0 bridgehead atoms. The Morgan fingerprint density at radius 2 is 1.34 bits per heavy atom. The number of amides is 4. The zero-order valence-corrected chi connectivity index (χ0v) is 18.0. The van der Waals surface area contributed by atoms with Crippen LogP contribution in [0.2, 0.25) is 0 Å². The van der Waals surface area contributed by atoms with Gasteiger partial charge in [0.05, 0.1) is 18.6 Å². The van der Waals surface area contributed by atoms with Gasteiger partial charge in [-0.2, -0.15) is 0 Å². The zero-order valence-electron chi connectivity index (χ0n) is 18.0. The van der Waals surface area contributed by atoms with Gasteiger partial charge >= 0.3 is 11.9 Å². The molecule has 0 spiro atoms. The van der Waals surface area contributed by atoms with Gasteiger partial charge in [-0.15, -0.1) is 0 Å². The lowest BCUT2D eigenvalue weighted by molar-refractivity contribution is -0.145. The number of hydrogen-bond donors (Lipinski definition) is 8. The SMILES string of the molecule is CC(C)C(N)C(=O)NC(CC(=O)O)C(=O)NC(CCC(N)=O)C(=O)NC(C(=O)O)C(C)O. The van der Waals surface area contributed by atoms with Crippen molar-refractivity contribution in [1.29, 1.82) is 0 Å². The van der Waals surface area contributed by atoms with Crippen LogP contribution in [0.4, 0.5) is 0 Å². The van der Waals surface area contributed by atoms with Crippen LogP contribution in [-0.4, -0.2) is 81.2 Å². The van der Waals surface area contributed by atoms with E-state index in [0.29, 0.717) is 0 Å². The van der Waals surface area contributed by atoms with Crippen molar-refractivity contribution in [3.63, 3.8) is 0 Å². The molecule has 0 aromatic heterocycles. The second-order valence-corrected chi connectivity index (χ2v) is 7.56. The molecule has 0 heterocycles. The lowest BCUT2D eigenvalue weighted by Gasteiger charge is -2.25. The molecule has 0 radical (unpaired) electrons. The van der Waals surface area contributed by atoms with Crippen molar-refractivity contribution < 1.29 is 44.1 Å². The van der Waals surface area contributed by atoms with Gasteiger partial charge in [0.1, 0.15) is 12.1 Å². The van der Waals surface area contributed by atoms with Crippen molar-refractivity contribution in [3.05, 3.63) is 0 Å². The molecule has 10 N–H and O–H groups in total. The molecule has 0 aromatic rings. The van der Waals surface area contributed by atoms with Crippen LogP contribution in [0.3, 0.4) is 0 Å². The largest absolute Gasteiger partial charge is 0.481 e. The number of hydrogen-bond acceptors (Lipinski definition) is 8. The van der Waals surface area contributed by atoms with Crippen LogP contribution >= 0.6 is 0 Å². The van der Waals surface area contributed by atoms with E-state index in [4.69, 9.17) is 21.7 Å². The van der Waals surface area contributed by atoms with E-state index in [2.05, 4.69) is 10.6 Å². The van der Waals surface area contributed by atoms with Crippen LogP contribution < -0.4 is 27.4 Å². The summed E-state index contributed by atoms with van der Waals surface area (Å²) < 4.78 is 0. The average Bonchev–Trinajstić information content (AvgIpc) is 2.66. The smallest absolute Gasteiger partial charge is 0.328 e. The van der Waals surface area contributed by atoms with Gasteiger partial charge in [-0.3, -0.25) is 24.0 Å². The lowest BCUT2D eigenvalue weighted by atomic mass is 10.0. The molecule has 0 fully saturated rings. The van der Waals surface area contributed by atoms with Gasteiger partial charge in [-0.1, -0.05) is 13.8 Å². The van der Waals surface area contributed by atoms with Crippen molar-refractivity contribution in [2.45, 2.75) is 70.3 Å². The quantitative estimate of drug-likeness (QED) is 0.127. The summed E-state index contributed by atoms with van der Waals surface area (Å²) in [6.07, 6.45) is -3.05. The molecule has 0 rings (SSSR count). The number of carboxylic acids is 2. The van der Waals surface area contributed by atoms with Gasteiger partial charge in [-0.05, 0) is 19.3 Å². The minimum absolute atomic E-state index is 0.314. The summed E-state index contributed by atoms with van der Waals surface area (Å²) >= 11 is 0. The minimum Gasteiger partial charge on any atom is -0.481 e. The van der Waals surface area contributed by atoms with E-state index in [1.807, 2.05) is 5.32 Å². The van der Waals surface area contributed by atoms with Gasteiger partial charge in [0.2, 0.25) is 23.6 Å². The van der Waals surface area contributed by atoms with Gasteiger partial charge < -0.3 is 42.7 Å². The molecule has 14 heteroatoms. The van der Waals surface area contributed by atoms with Crippen molar-refractivity contribution in [3.8, 4) is 0 Å². The van der Waals surface area contributed by atoms with Crippen LogP contribution in [0.15, 0.2) is 0 Å². The number of nitrogens with one attached hydrogen (secondary N) is 3. The first-order valence-corrected chi connectivity index (χ1v) is 9.75. The normalized spacial score (nSPS) is 15.6. The van der Waals surface area contributed by atoms with E-state index < -0.39 is 72.3 Å². The topological polar surface area (TPSA) is 251 Å². The third kappa shape index (κ3) is 10.2. The highest BCUT2D eigenvalue weighted by molar-refractivity contribution is 5.95. The summed E-state index contributed by atoms with van der Waals surface area (Å²) in [7, 11) is 0. The van der Waals surface area contributed by atoms with Crippen molar-refractivity contribution in [1.82, 2.24) is 16.0 Å². The summed E-state index contributed by atoms with van der Waals surface area (Å²) in [6, 6.07) is -5.87. The summed E-state index contributed by atoms with van der Waals surface area (Å²) in [5, 5.41) is 34.1. The maximum atomic E-state index is 12.6. The van der Waals surface area contributed by atoms with Crippen LogP contribution in [0.5, 0.6) is 0 Å². The molecule has 5 atom stereocenters. The van der Waals surface area contributed by atoms with Crippen molar-refractivity contribution in [2.24, 2.45) is 17.4 Å². The Morgan fingerprint density at radius 3 is 1.75 bits per heavy atom. The van der Waals surface area contributed by atoms with Gasteiger partial charge in [0.15, 0.2) is 6.04 Å². The number of primary amides is 1. The molecule has 0 saturated carbocycles. The molecule has 0 aliphatic heterocycles. The molecular weight excluding hydrogens is 430 g/mol. The highest BCUT2D eigenvalue weighted by atomic mass is 16.4. The first kappa shape index (κ1) is 28.7. The second kappa shape index (κ2) is 13.2. The fourth-order valence-electron chi connectivity index (χ4n) is 2.42. The minimum atomic E-state index is -1.71. The van der Waals surface area contributed by atoms with Gasteiger partial charge in [0, 0.05) is 6.42 Å². The van der Waals surface area contributed by atoms with E-state index >= 15 is 0 Å². The maximum absolute atomic E-state index is 12.6. The Hall–Kier alpha value is -3.26. The van der Waals surface area contributed by atoms with E-state index in [-0.39, 0.29) is 18.8 Å². The Labute approximate surface area is 184 Å². The third-order valence-corrected chi connectivity index (χ3v) is 4.39. The van der Waals surface area contributed by atoms with Crippen LogP contribution in [0.25, 0.3) is 0 Å². The van der Waals surface area contributed by atoms with E-state index in [1.165, 1.54) is 0 Å². The van der Waals surface area contributed by atoms with Crippen molar-refractivity contribution in [2.75, 3.05) is 0 Å². The molecule has 5 unspecified atom stereocenters. The standard InChI is InChI=1S/C18H31N5O9/c1-7(2)13(20)17(30)22-10(6-12(26)27)16(29)21-9(4-5-11(19)25)15(28)23-14(8(3)24)18(31)32/h7-10,13-14,24H,4-6,20H2,1-3H3,(H2,19,25)(H,21,29)(H,22,30)(H,23,28)(H,26,27)(H,31,32). The third-order valence-electron chi connectivity index (χ3n) is 4.39. The average molecular weight is 461 g/mol. The zero-order chi connectivity index (χ0) is 25.2. The fraction of sp³-hybridized carbons (Fsp3) is 0.667. The molecule has 0 aliphatic carbocycles. The number of carbonyl (C=O) groups is 6. The summed E-state index contributed by atoms with van der Waals surface area (Å²) in [4.78, 5) is 70.7. The summed E-state index contributed by atoms with van der Waals surface area (Å²) in [6.45, 7) is 4.40. The monoisotopic (exact) mass is 461 g/mol. The molecule has 32 heavy (non-hydrogen) atoms. The second-order valence-electron chi connectivity index (χ2n) is 7.56. The predicted octanol–water partition coefficient (Wildman–Crippen LogP) is -3.37. The molecule has 0 aromatic carbocycles. The molecule has 4 amide bonds. The molecule has 0 aliphatic rings. The number of carbonyl (C=O) groups excluding carboxylic acids is 4. The van der Waals surface area contributed by atoms with E-state index in [9.17, 15) is 33.9 Å². The Bertz CT molecular complexity index is 726. The Kier molecular flexibility index (Phi) is 11.9. The first-order chi connectivity index (χ1) is 14.7. The molecule has 0 saturated heterocycles. The summed E-state index contributed by atoms with van der Waals surface area (Å²) in [5.41, 5.74) is 10.8. The highest BCUT2D eigenvalue weighted by Crippen LogP contribution is 2.05. The Balaban J connectivity index is 5.60. The molecular formula is C18H31N5O9. The first-order valence-electron chi connectivity index (χ1n) is 9.75. The van der Waals surface area contributed by atoms with Crippen LogP contribution in [0.1, 0.15) is 40.0 Å². The van der Waals surface area contributed by atoms with Gasteiger partial charge in [0.25, 0.3) is 0 Å². The Morgan fingerprint density at radius 1 is 0.844 bits per heavy atom. The number of nitrogens with two attached hydrogens (primary N) is 2. The van der Waals surface area contributed by atoms with Crippen LogP contribution in [-0.2, 0) is 28.8 Å². The number of aliphatic hydroxyl groups is 1. The van der Waals surface area contributed by atoms with E-state index in [1.54, 1.807) is 13.8 Å². The number of aliphatic hydroxyl groups excluding tert-OH is 1. The molecule has 14 nitrogen and oxygen atoms in total. The summed E-state index contributed by atoms with van der Waals surface area (Å²) in [5.74, 6) is -7.04. The number of aliphatic carboxylic acids is 2. The molecule has 182 valence electrons. The highest BCUT2D eigenvalue weighted by Gasteiger charge is 2.33. The number of rotatable bonds is 14. The van der Waals surface area contributed by atoms with Crippen molar-refractivity contribution >= 4 is 35.6 Å². The predicted molar refractivity (Wildman–Crippen MR) is 109 cm³/mol. The fourth-order valence-corrected chi connectivity index (χ4v) is 2.42.